The zero-order valence-corrected chi connectivity index (χ0v) is 11.8. The second-order valence-corrected chi connectivity index (χ2v) is 5.47. The maximum Gasteiger partial charge on any atom is 0.326 e. The molecule has 1 heterocycles. The highest BCUT2D eigenvalue weighted by Crippen LogP contribution is 2.21. The maximum atomic E-state index is 12.5. The van der Waals surface area contributed by atoms with Gasteiger partial charge in [0.15, 0.2) is 0 Å². The van der Waals surface area contributed by atoms with Crippen LogP contribution in [0, 0.1) is 5.92 Å². The van der Waals surface area contributed by atoms with Gasteiger partial charge in [-0.15, -0.1) is 0 Å². The molecule has 4 nitrogen and oxygen atoms in total. The molecule has 0 radical (unpaired) electrons. The van der Waals surface area contributed by atoms with Crippen molar-refractivity contribution in [3.05, 3.63) is 35.9 Å². The molecule has 1 fully saturated rings. The van der Waals surface area contributed by atoms with Gasteiger partial charge in [-0.3, -0.25) is 4.79 Å². The average Bonchev–Trinajstić information content (AvgIpc) is 2.47. The van der Waals surface area contributed by atoms with Gasteiger partial charge in [-0.05, 0) is 31.2 Å². The molecule has 0 aliphatic carbocycles. The van der Waals surface area contributed by atoms with Crippen molar-refractivity contribution >= 4 is 11.9 Å². The highest BCUT2D eigenvalue weighted by molar-refractivity contribution is 5.85. The molecule has 1 aliphatic rings. The van der Waals surface area contributed by atoms with Crippen molar-refractivity contribution in [3.8, 4) is 0 Å². The molecule has 1 amide bonds. The number of likely N-dealkylation sites (tertiary alicyclic amines) is 1. The van der Waals surface area contributed by atoms with Gasteiger partial charge in [0.1, 0.15) is 6.04 Å². The molecular formula is C16H21NO3. The van der Waals surface area contributed by atoms with Crippen LogP contribution >= 0.6 is 0 Å². The minimum absolute atomic E-state index is 0.0408. The summed E-state index contributed by atoms with van der Waals surface area (Å²) in [6.45, 7) is 2.44. The molecule has 4 heteroatoms. The number of amides is 1. The van der Waals surface area contributed by atoms with Crippen LogP contribution in [0.3, 0.4) is 0 Å². The fourth-order valence-corrected chi connectivity index (χ4v) is 2.79. The lowest BCUT2D eigenvalue weighted by molar-refractivity contribution is -0.153. The lowest BCUT2D eigenvalue weighted by Crippen LogP contribution is -2.50. The average molecular weight is 275 g/mol. The summed E-state index contributed by atoms with van der Waals surface area (Å²) in [7, 11) is 0. The van der Waals surface area contributed by atoms with Gasteiger partial charge in [-0.2, -0.15) is 0 Å². The minimum Gasteiger partial charge on any atom is -0.480 e. The molecule has 0 aromatic heterocycles. The third kappa shape index (κ3) is 3.38. The number of nitrogens with zero attached hydrogens (tertiary/aromatic N) is 1. The molecule has 1 N–H and O–H groups in total. The first-order chi connectivity index (χ1) is 9.59. The Morgan fingerprint density at radius 1 is 1.30 bits per heavy atom. The zero-order chi connectivity index (χ0) is 14.5. The first-order valence-corrected chi connectivity index (χ1v) is 7.17. The Morgan fingerprint density at radius 3 is 2.65 bits per heavy atom. The van der Waals surface area contributed by atoms with Crippen molar-refractivity contribution < 1.29 is 14.7 Å². The second kappa shape index (κ2) is 6.55. The van der Waals surface area contributed by atoms with E-state index in [1.165, 1.54) is 0 Å². The van der Waals surface area contributed by atoms with E-state index >= 15 is 0 Å². The van der Waals surface area contributed by atoms with E-state index in [0.29, 0.717) is 19.4 Å². The van der Waals surface area contributed by atoms with Gasteiger partial charge in [0, 0.05) is 12.5 Å². The van der Waals surface area contributed by atoms with Crippen molar-refractivity contribution in [2.75, 3.05) is 6.54 Å². The smallest absolute Gasteiger partial charge is 0.326 e. The summed E-state index contributed by atoms with van der Waals surface area (Å²) < 4.78 is 0. The van der Waals surface area contributed by atoms with Crippen molar-refractivity contribution in [1.29, 1.82) is 0 Å². The number of carbonyl (C=O) groups excluding carboxylic acids is 1. The van der Waals surface area contributed by atoms with Crippen molar-refractivity contribution in [3.63, 3.8) is 0 Å². The predicted molar refractivity (Wildman–Crippen MR) is 76.3 cm³/mol. The highest BCUT2D eigenvalue weighted by Gasteiger charge is 2.33. The van der Waals surface area contributed by atoms with Gasteiger partial charge in [0.05, 0.1) is 0 Å². The summed E-state index contributed by atoms with van der Waals surface area (Å²) in [5, 5.41) is 9.24. The third-order valence-corrected chi connectivity index (χ3v) is 3.88. The van der Waals surface area contributed by atoms with Crippen LogP contribution in [0.15, 0.2) is 30.3 Å². The first kappa shape index (κ1) is 14.6. The Hall–Kier alpha value is -1.84. The lowest BCUT2D eigenvalue weighted by Gasteiger charge is -2.34. The first-order valence-electron chi connectivity index (χ1n) is 7.17. The predicted octanol–water partition coefficient (Wildman–Crippen LogP) is 2.33. The van der Waals surface area contributed by atoms with Gasteiger partial charge < -0.3 is 10.0 Å². The monoisotopic (exact) mass is 275 g/mol. The number of piperidine rings is 1. The van der Waals surface area contributed by atoms with Crippen LogP contribution in [0.5, 0.6) is 0 Å². The highest BCUT2D eigenvalue weighted by atomic mass is 16.4. The van der Waals surface area contributed by atoms with Crippen LogP contribution < -0.4 is 0 Å². The fraction of sp³-hybridized carbons (Fsp3) is 0.500. The number of carboxylic acids is 1. The number of aliphatic carboxylic acids is 1. The second-order valence-electron chi connectivity index (χ2n) is 5.47. The molecule has 0 bridgehead atoms. The van der Waals surface area contributed by atoms with E-state index in [4.69, 9.17) is 0 Å². The topological polar surface area (TPSA) is 57.6 Å². The van der Waals surface area contributed by atoms with Crippen molar-refractivity contribution in [1.82, 2.24) is 4.90 Å². The molecule has 0 saturated carbocycles. The Labute approximate surface area is 119 Å². The maximum absolute atomic E-state index is 12.5. The Bertz CT molecular complexity index is 472. The zero-order valence-electron chi connectivity index (χ0n) is 11.8. The summed E-state index contributed by atoms with van der Waals surface area (Å²) >= 11 is 0. The van der Waals surface area contributed by atoms with Crippen LogP contribution in [0.2, 0.25) is 0 Å². The standard InChI is InChI=1S/C16H21NO3/c1-12(11-13-7-3-2-4-8-13)15(18)17-10-6-5-9-14(17)16(19)20/h2-4,7-8,12,14H,5-6,9-11H2,1H3,(H,19,20). The molecule has 1 aliphatic heterocycles. The molecule has 0 spiro atoms. The fourth-order valence-electron chi connectivity index (χ4n) is 2.79. The lowest BCUT2D eigenvalue weighted by atomic mass is 9.96. The van der Waals surface area contributed by atoms with E-state index in [0.717, 1.165) is 18.4 Å². The molecule has 2 atom stereocenters. The van der Waals surface area contributed by atoms with Crippen LogP contribution in [0.25, 0.3) is 0 Å². The number of rotatable bonds is 4. The van der Waals surface area contributed by atoms with Gasteiger partial charge in [-0.25, -0.2) is 4.79 Å². The molecule has 20 heavy (non-hydrogen) atoms. The number of hydrogen-bond donors (Lipinski definition) is 1. The Morgan fingerprint density at radius 2 is 2.00 bits per heavy atom. The van der Waals surface area contributed by atoms with Crippen molar-refractivity contribution in [2.45, 2.75) is 38.6 Å². The quantitative estimate of drug-likeness (QED) is 0.917. The normalized spacial score (nSPS) is 20.4. The number of benzene rings is 1. The van der Waals surface area contributed by atoms with Gasteiger partial charge in [0.2, 0.25) is 5.91 Å². The number of carboxylic acid groups (broad SMARTS) is 1. The summed E-state index contributed by atoms with van der Waals surface area (Å²) in [6.07, 6.45) is 3.00. The molecule has 1 aromatic carbocycles. The number of carbonyl (C=O) groups is 2. The Balaban J connectivity index is 2.03. The van der Waals surface area contributed by atoms with Gasteiger partial charge in [-0.1, -0.05) is 37.3 Å². The van der Waals surface area contributed by atoms with E-state index in [1.807, 2.05) is 37.3 Å². The summed E-state index contributed by atoms with van der Waals surface area (Å²) in [5.41, 5.74) is 1.11. The summed E-state index contributed by atoms with van der Waals surface area (Å²) in [5.74, 6) is -1.11. The molecule has 1 aromatic rings. The van der Waals surface area contributed by atoms with E-state index in [9.17, 15) is 14.7 Å². The molecular weight excluding hydrogens is 254 g/mol. The Kier molecular flexibility index (Phi) is 4.77. The number of hydrogen-bond acceptors (Lipinski definition) is 2. The van der Waals surface area contributed by atoms with E-state index in [-0.39, 0.29) is 11.8 Å². The SMILES string of the molecule is CC(Cc1ccccc1)C(=O)N1CCCCC1C(=O)O. The van der Waals surface area contributed by atoms with Crippen LogP contribution in [0.4, 0.5) is 0 Å². The largest absolute Gasteiger partial charge is 0.480 e. The van der Waals surface area contributed by atoms with Crippen LogP contribution in [-0.2, 0) is 16.0 Å². The van der Waals surface area contributed by atoms with Crippen LogP contribution in [-0.4, -0.2) is 34.5 Å². The summed E-state index contributed by atoms with van der Waals surface area (Å²) in [6, 6.07) is 9.19. The van der Waals surface area contributed by atoms with Crippen LogP contribution in [0.1, 0.15) is 31.7 Å². The molecule has 2 unspecified atom stereocenters. The molecule has 2 rings (SSSR count). The van der Waals surface area contributed by atoms with Gasteiger partial charge >= 0.3 is 5.97 Å². The molecule has 108 valence electrons. The van der Waals surface area contributed by atoms with Crippen molar-refractivity contribution in [2.24, 2.45) is 5.92 Å². The van der Waals surface area contributed by atoms with Gasteiger partial charge in [0.25, 0.3) is 0 Å². The summed E-state index contributed by atoms with van der Waals surface area (Å²) in [4.78, 5) is 25.3. The van der Waals surface area contributed by atoms with E-state index in [2.05, 4.69) is 0 Å². The van der Waals surface area contributed by atoms with E-state index < -0.39 is 12.0 Å². The molecule has 1 saturated heterocycles. The third-order valence-electron chi connectivity index (χ3n) is 3.88. The van der Waals surface area contributed by atoms with E-state index in [1.54, 1.807) is 4.90 Å². The minimum atomic E-state index is -0.884.